The van der Waals surface area contributed by atoms with Crippen LogP contribution in [-0.2, 0) is 4.79 Å². The highest BCUT2D eigenvalue weighted by atomic mass is 19.1. The molecule has 1 amide bonds. The van der Waals surface area contributed by atoms with Gasteiger partial charge in [-0.3, -0.25) is 4.79 Å². The van der Waals surface area contributed by atoms with E-state index in [-0.39, 0.29) is 11.6 Å². The number of anilines is 2. The number of nitrogens with zero attached hydrogens (tertiary/aromatic N) is 1. The van der Waals surface area contributed by atoms with E-state index in [9.17, 15) is 9.18 Å². The van der Waals surface area contributed by atoms with Gasteiger partial charge in [-0.15, -0.1) is 0 Å². The van der Waals surface area contributed by atoms with Gasteiger partial charge in [0.25, 0.3) is 0 Å². The van der Waals surface area contributed by atoms with Gasteiger partial charge in [0.05, 0.1) is 11.4 Å². The first-order chi connectivity index (χ1) is 8.02. The Hall–Kier alpha value is -1.62. The van der Waals surface area contributed by atoms with E-state index in [1.54, 1.807) is 0 Å². The number of benzene rings is 1. The number of hydrogen-bond acceptors (Lipinski definition) is 3. The molecule has 1 aromatic rings. The zero-order valence-electron chi connectivity index (χ0n) is 10.2. The summed E-state index contributed by atoms with van der Waals surface area (Å²) < 4.78 is 12.8. The van der Waals surface area contributed by atoms with Crippen molar-refractivity contribution in [2.75, 3.05) is 31.2 Å². The molecule has 94 valence electrons. The maximum Gasteiger partial charge on any atom is 0.225 e. The molecule has 0 aromatic heterocycles. The summed E-state index contributed by atoms with van der Waals surface area (Å²) >= 11 is 0. The maximum absolute atomic E-state index is 12.8. The molecule has 0 heterocycles. The number of nitrogens with two attached hydrogens (primary N) is 1. The van der Waals surface area contributed by atoms with Crippen LogP contribution >= 0.6 is 0 Å². The first-order valence-corrected chi connectivity index (χ1v) is 5.56. The first kappa shape index (κ1) is 13.4. The number of nitrogens with one attached hydrogen (secondary N) is 1. The first-order valence-electron chi connectivity index (χ1n) is 5.56. The zero-order valence-corrected chi connectivity index (χ0v) is 10.2. The van der Waals surface area contributed by atoms with Crippen molar-refractivity contribution in [2.24, 2.45) is 0 Å². The molecule has 0 bridgehead atoms. The molecule has 0 atom stereocenters. The van der Waals surface area contributed by atoms with Gasteiger partial charge in [0.15, 0.2) is 0 Å². The Bertz CT molecular complexity index is 395. The number of halogens is 1. The normalized spacial score (nSPS) is 10.6. The van der Waals surface area contributed by atoms with E-state index in [0.29, 0.717) is 18.7 Å². The van der Waals surface area contributed by atoms with Crippen molar-refractivity contribution in [3.8, 4) is 0 Å². The van der Waals surface area contributed by atoms with E-state index >= 15 is 0 Å². The lowest BCUT2D eigenvalue weighted by molar-refractivity contribution is -0.116. The van der Waals surface area contributed by atoms with Crippen LogP contribution in [-0.4, -0.2) is 30.9 Å². The van der Waals surface area contributed by atoms with Crippen LogP contribution in [0.4, 0.5) is 15.8 Å². The van der Waals surface area contributed by atoms with Gasteiger partial charge >= 0.3 is 0 Å². The molecule has 0 spiro atoms. The highest BCUT2D eigenvalue weighted by Gasteiger charge is 2.06. The lowest BCUT2D eigenvalue weighted by atomic mass is 10.2. The summed E-state index contributed by atoms with van der Waals surface area (Å²) in [4.78, 5) is 13.6. The summed E-state index contributed by atoms with van der Waals surface area (Å²) in [6, 6.07) is 3.92. The van der Waals surface area contributed by atoms with Gasteiger partial charge in [0.1, 0.15) is 5.82 Å². The molecule has 3 N–H and O–H groups in total. The summed E-state index contributed by atoms with van der Waals surface area (Å²) in [7, 11) is 1.94. The Morgan fingerprint density at radius 3 is 2.82 bits per heavy atom. The van der Waals surface area contributed by atoms with Crippen LogP contribution in [0.5, 0.6) is 0 Å². The Kier molecular flexibility index (Phi) is 4.90. The molecule has 17 heavy (non-hydrogen) atoms. The average Bonchev–Trinajstić information content (AvgIpc) is 2.29. The van der Waals surface area contributed by atoms with Gasteiger partial charge in [-0.05, 0) is 31.8 Å². The van der Waals surface area contributed by atoms with Crippen LogP contribution in [0.1, 0.15) is 13.3 Å². The fourth-order valence-electron chi connectivity index (χ4n) is 1.31. The molecule has 0 aliphatic heterocycles. The predicted molar refractivity (Wildman–Crippen MR) is 67.2 cm³/mol. The summed E-state index contributed by atoms with van der Waals surface area (Å²) in [6.45, 7) is 3.60. The number of rotatable bonds is 5. The SMILES string of the molecule is CCN(C)CCC(=O)Nc1ccc(F)cc1N. The lowest BCUT2D eigenvalue weighted by Gasteiger charge is -2.13. The smallest absolute Gasteiger partial charge is 0.225 e. The number of hydrogen-bond donors (Lipinski definition) is 2. The van der Waals surface area contributed by atoms with Crippen LogP contribution in [0.2, 0.25) is 0 Å². The van der Waals surface area contributed by atoms with Crippen LogP contribution < -0.4 is 11.1 Å². The fraction of sp³-hybridized carbons (Fsp3) is 0.417. The molecule has 1 rings (SSSR count). The molecule has 1 aromatic carbocycles. The van der Waals surface area contributed by atoms with Gasteiger partial charge in [0, 0.05) is 13.0 Å². The van der Waals surface area contributed by atoms with E-state index < -0.39 is 5.82 Å². The minimum atomic E-state index is -0.411. The molecule has 0 radical (unpaired) electrons. The van der Waals surface area contributed by atoms with E-state index in [1.807, 2.05) is 18.9 Å². The summed E-state index contributed by atoms with van der Waals surface area (Å²) in [6.07, 6.45) is 0.390. The Labute approximate surface area is 101 Å². The lowest BCUT2D eigenvalue weighted by Crippen LogP contribution is -2.24. The van der Waals surface area contributed by atoms with Gasteiger partial charge in [0.2, 0.25) is 5.91 Å². The van der Waals surface area contributed by atoms with E-state index in [2.05, 4.69) is 5.32 Å². The second kappa shape index (κ2) is 6.20. The monoisotopic (exact) mass is 239 g/mol. The third-order valence-corrected chi connectivity index (χ3v) is 2.55. The highest BCUT2D eigenvalue weighted by molar-refractivity contribution is 5.93. The quantitative estimate of drug-likeness (QED) is 0.769. The third-order valence-electron chi connectivity index (χ3n) is 2.55. The van der Waals surface area contributed by atoms with Crippen molar-refractivity contribution < 1.29 is 9.18 Å². The Morgan fingerprint density at radius 2 is 2.24 bits per heavy atom. The molecule has 0 aliphatic carbocycles. The summed E-state index contributed by atoms with van der Waals surface area (Å²) in [5.41, 5.74) is 6.28. The van der Waals surface area contributed by atoms with Crippen LogP contribution in [0.3, 0.4) is 0 Å². The van der Waals surface area contributed by atoms with E-state index in [1.165, 1.54) is 18.2 Å². The predicted octanol–water partition coefficient (Wildman–Crippen LogP) is 1.69. The topological polar surface area (TPSA) is 58.4 Å². The molecular weight excluding hydrogens is 221 g/mol. The molecule has 4 nitrogen and oxygen atoms in total. The average molecular weight is 239 g/mol. The van der Waals surface area contributed by atoms with Crippen LogP contribution in [0, 0.1) is 5.82 Å². The summed E-state index contributed by atoms with van der Waals surface area (Å²) in [5, 5.41) is 2.66. The van der Waals surface area contributed by atoms with Gasteiger partial charge < -0.3 is 16.0 Å². The zero-order chi connectivity index (χ0) is 12.8. The van der Waals surface area contributed by atoms with Gasteiger partial charge in [-0.2, -0.15) is 0 Å². The van der Waals surface area contributed by atoms with Crippen molar-refractivity contribution in [2.45, 2.75) is 13.3 Å². The van der Waals surface area contributed by atoms with Gasteiger partial charge in [-0.25, -0.2) is 4.39 Å². The second-order valence-corrected chi connectivity index (χ2v) is 3.93. The number of carbonyl (C=O) groups excluding carboxylic acids is 1. The van der Waals surface area contributed by atoms with Crippen molar-refractivity contribution in [3.05, 3.63) is 24.0 Å². The standard InChI is InChI=1S/C12H18FN3O/c1-3-16(2)7-6-12(17)15-11-5-4-9(13)8-10(11)14/h4-5,8H,3,6-7,14H2,1-2H3,(H,15,17). The number of carbonyl (C=O) groups is 1. The molecule has 0 saturated carbocycles. The van der Waals surface area contributed by atoms with E-state index in [4.69, 9.17) is 5.73 Å². The minimum absolute atomic E-state index is 0.122. The Balaban J connectivity index is 2.50. The van der Waals surface area contributed by atoms with Crippen LogP contribution in [0.25, 0.3) is 0 Å². The molecule has 0 aliphatic rings. The molecular formula is C12H18FN3O. The van der Waals surface area contributed by atoms with Crippen molar-refractivity contribution >= 4 is 17.3 Å². The molecule has 5 heteroatoms. The van der Waals surface area contributed by atoms with Gasteiger partial charge in [-0.1, -0.05) is 6.92 Å². The minimum Gasteiger partial charge on any atom is -0.397 e. The Morgan fingerprint density at radius 1 is 1.53 bits per heavy atom. The number of amides is 1. The molecule has 0 saturated heterocycles. The van der Waals surface area contributed by atoms with Crippen molar-refractivity contribution in [1.29, 1.82) is 0 Å². The summed E-state index contributed by atoms with van der Waals surface area (Å²) in [5.74, 6) is -0.533. The van der Waals surface area contributed by atoms with Crippen LogP contribution in [0.15, 0.2) is 18.2 Å². The van der Waals surface area contributed by atoms with Crippen molar-refractivity contribution in [3.63, 3.8) is 0 Å². The second-order valence-electron chi connectivity index (χ2n) is 3.93. The van der Waals surface area contributed by atoms with Crippen molar-refractivity contribution in [1.82, 2.24) is 4.90 Å². The largest absolute Gasteiger partial charge is 0.397 e. The van der Waals surface area contributed by atoms with E-state index in [0.717, 1.165) is 6.54 Å². The molecule has 0 unspecified atom stereocenters. The highest BCUT2D eigenvalue weighted by Crippen LogP contribution is 2.19. The molecule has 0 fully saturated rings. The fourth-order valence-corrected chi connectivity index (χ4v) is 1.31. The third kappa shape index (κ3) is 4.40. The number of nitrogen functional groups attached to an aromatic ring is 1. The maximum atomic E-state index is 12.8.